The van der Waals surface area contributed by atoms with Crippen molar-refractivity contribution in [1.82, 2.24) is 14.8 Å². The fraction of sp³-hybridized carbons (Fsp3) is 0.500. The SMILES string of the molecule is Cc1cn(C)nc1Nc1sc([C@@H](C)C(C)C)nc1C(N)=O. The average Bonchev–Trinajstić information content (AvgIpc) is 2.93. The summed E-state index contributed by atoms with van der Waals surface area (Å²) < 4.78 is 1.72. The molecule has 0 bridgehead atoms. The second-order valence-corrected chi connectivity index (χ2v) is 6.62. The highest BCUT2D eigenvalue weighted by atomic mass is 32.1. The fourth-order valence-corrected chi connectivity index (χ4v) is 3.10. The molecule has 2 aromatic rings. The van der Waals surface area contributed by atoms with Crippen LogP contribution in [0.5, 0.6) is 0 Å². The number of hydrogen-bond acceptors (Lipinski definition) is 5. The maximum atomic E-state index is 11.6. The molecule has 1 amide bonds. The minimum absolute atomic E-state index is 0.272. The van der Waals surface area contributed by atoms with Crippen LogP contribution in [0, 0.1) is 12.8 Å². The molecule has 0 aliphatic rings. The van der Waals surface area contributed by atoms with Crippen LogP contribution in [-0.2, 0) is 7.05 Å². The monoisotopic (exact) mass is 307 g/mol. The first-order valence-electron chi connectivity index (χ1n) is 6.87. The third kappa shape index (κ3) is 3.24. The molecule has 0 aliphatic heterocycles. The van der Waals surface area contributed by atoms with Crippen molar-refractivity contribution in [2.75, 3.05) is 5.32 Å². The van der Waals surface area contributed by atoms with Gasteiger partial charge in [-0.3, -0.25) is 9.48 Å². The lowest BCUT2D eigenvalue weighted by atomic mass is 9.99. The molecule has 6 nitrogen and oxygen atoms in total. The molecule has 0 spiro atoms. The average molecular weight is 307 g/mol. The van der Waals surface area contributed by atoms with Crippen molar-refractivity contribution in [2.45, 2.75) is 33.6 Å². The molecule has 0 saturated carbocycles. The number of nitrogens with two attached hydrogens (primary N) is 1. The summed E-state index contributed by atoms with van der Waals surface area (Å²) in [7, 11) is 1.85. The summed E-state index contributed by atoms with van der Waals surface area (Å²) >= 11 is 1.46. The van der Waals surface area contributed by atoms with Gasteiger partial charge in [0.1, 0.15) is 5.00 Å². The van der Waals surface area contributed by atoms with Gasteiger partial charge in [-0.25, -0.2) is 4.98 Å². The smallest absolute Gasteiger partial charge is 0.270 e. The molecule has 0 saturated heterocycles. The fourth-order valence-electron chi connectivity index (χ4n) is 1.91. The highest BCUT2D eigenvalue weighted by Gasteiger charge is 2.22. The van der Waals surface area contributed by atoms with Gasteiger partial charge in [-0.15, -0.1) is 11.3 Å². The molecule has 0 aromatic carbocycles. The zero-order chi connectivity index (χ0) is 15.7. The Balaban J connectivity index is 2.38. The zero-order valence-corrected chi connectivity index (χ0v) is 13.8. The Bertz CT molecular complexity index is 658. The number of amides is 1. The summed E-state index contributed by atoms with van der Waals surface area (Å²) in [6.45, 7) is 8.32. The van der Waals surface area contributed by atoms with Crippen molar-refractivity contribution in [3.63, 3.8) is 0 Å². The van der Waals surface area contributed by atoms with E-state index in [0.29, 0.717) is 16.7 Å². The number of carbonyl (C=O) groups excluding carboxylic acids is 1. The van der Waals surface area contributed by atoms with Crippen LogP contribution in [0.4, 0.5) is 10.8 Å². The van der Waals surface area contributed by atoms with Crippen molar-refractivity contribution in [2.24, 2.45) is 18.7 Å². The predicted octanol–water partition coefficient (Wildman–Crippen LogP) is 2.79. The van der Waals surface area contributed by atoms with Crippen molar-refractivity contribution in [3.8, 4) is 0 Å². The highest BCUT2D eigenvalue weighted by molar-refractivity contribution is 7.16. The first-order chi connectivity index (χ1) is 9.79. The van der Waals surface area contributed by atoms with E-state index in [1.54, 1.807) is 4.68 Å². The molecular weight excluding hydrogens is 286 g/mol. The van der Waals surface area contributed by atoms with Crippen LogP contribution in [0.15, 0.2) is 6.20 Å². The number of primary amides is 1. The van der Waals surface area contributed by atoms with E-state index in [0.717, 1.165) is 10.6 Å². The molecule has 0 aliphatic carbocycles. The Morgan fingerprint density at radius 3 is 2.57 bits per heavy atom. The standard InChI is InChI=1S/C14H21N5OS/c1-7(2)9(4)13-16-10(11(15)20)14(21-13)17-12-8(3)6-19(5)18-12/h6-7,9H,1-5H3,(H2,15,20)(H,17,18)/t9-/m0/s1. The molecule has 2 heterocycles. The van der Waals surface area contributed by atoms with Crippen molar-refractivity contribution in [3.05, 3.63) is 22.5 Å². The maximum Gasteiger partial charge on any atom is 0.270 e. The van der Waals surface area contributed by atoms with Crippen LogP contribution >= 0.6 is 11.3 Å². The van der Waals surface area contributed by atoms with Gasteiger partial charge in [-0.2, -0.15) is 5.10 Å². The van der Waals surface area contributed by atoms with E-state index in [1.807, 2.05) is 20.2 Å². The van der Waals surface area contributed by atoms with Crippen molar-refractivity contribution < 1.29 is 4.79 Å². The van der Waals surface area contributed by atoms with Crippen LogP contribution in [0.3, 0.4) is 0 Å². The predicted molar refractivity (Wildman–Crippen MR) is 85.1 cm³/mol. The van der Waals surface area contributed by atoms with E-state index in [-0.39, 0.29) is 11.6 Å². The number of aryl methyl sites for hydroxylation is 2. The second-order valence-electron chi connectivity index (χ2n) is 5.59. The molecule has 3 N–H and O–H groups in total. The number of rotatable bonds is 5. The lowest BCUT2D eigenvalue weighted by Gasteiger charge is -2.11. The van der Waals surface area contributed by atoms with Gasteiger partial charge >= 0.3 is 0 Å². The molecule has 0 radical (unpaired) electrons. The molecule has 0 fully saturated rings. The molecule has 0 unspecified atom stereocenters. The Hall–Kier alpha value is -1.89. The first-order valence-corrected chi connectivity index (χ1v) is 7.69. The maximum absolute atomic E-state index is 11.6. The van der Waals surface area contributed by atoms with Crippen LogP contribution in [0.2, 0.25) is 0 Å². The Kier molecular flexibility index (Phi) is 4.32. The summed E-state index contributed by atoms with van der Waals surface area (Å²) in [5.41, 5.74) is 6.73. The molecule has 21 heavy (non-hydrogen) atoms. The first kappa shape index (κ1) is 15.5. The van der Waals surface area contributed by atoms with Gasteiger partial charge in [0.15, 0.2) is 11.5 Å². The lowest BCUT2D eigenvalue weighted by molar-refractivity contribution is 0.0997. The number of nitrogens with one attached hydrogen (secondary N) is 1. The largest absolute Gasteiger partial charge is 0.364 e. The molecule has 114 valence electrons. The molecule has 1 atom stereocenters. The van der Waals surface area contributed by atoms with Crippen molar-refractivity contribution in [1.29, 1.82) is 0 Å². The zero-order valence-electron chi connectivity index (χ0n) is 13.0. The Labute approximate surface area is 128 Å². The number of thiazole rings is 1. The number of nitrogens with zero attached hydrogens (tertiary/aromatic N) is 3. The molecular formula is C14H21N5OS. The minimum atomic E-state index is -0.524. The number of hydrogen-bond donors (Lipinski definition) is 2. The number of anilines is 2. The quantitative estimate of drug-likeness (QED) is 0.889. The summed E-state index contributed by atoms with van der Waals surface area (Å²) in [4.78, 5) is 16.0. The molecule has 7 heteroatoms. The van der Waals surface area contributed by atoms with Gasteiger partial charge in [-0.05, 0) is 12.8 Å². The number of carbonyl (C=O) groups is 1. The van der Waals surface area contributed by atoms with Crippen LogP contribution in [-0.4, -0.2) is 20.7 Å². The molecule has 2 rings (SSSR count). The van der Waals surface area contributed by atoms with Crippen LogP contribution in [0.25, 0.3) is 0 Å². The molecule has 2 aromatic heterocycles. The van der Waals surface area contributed by atoms with Crippen LogP contribution < -0.4 is 11.1 Å². The second kappa shape index (κ2) is 5.85. The Morgan fingerprint density at radius 2 is 2.10 bits per heavy atom. The summed E-state index contributed by atoms with van der Waals surface area (Å²) in [5.74, 6) is 0.909. The van der Waals surface area contributed by atoms with E-state index in [9.17, 15) is 4.79 Å². The number of aromatic nitrogens is 3. The van der Waals surface area contributed by atoms with E-state index in [2.05, 4.69) is 36.2 Å². The summed E-state index contributed by atoms with van der Waals surface area (Å²) in [6.07, 6.45) is 1.91. The van der Waals surface area contributed by atoms with E-state index < -0.39 is 5.91 Å². The van der Waals surface area contributed by atoms with E-state index in [1.165, 1.54) is 11.3 Å². The Morgan fingerprint density at radius 1 is 1.43 bits per heavy atom. The topological polar surface area (TPSA) is 85.8 Å². The van der Waals surface area contributed by atoms with Gasteiger partial charge in [0.25, 0.3) is 5.91 Å². The highest BCUT2D eigenvalue weighted by Crippen LogP contribution is 2.34. The third-order valence-electron chi connectivity index (χ3n) is 3.51. The normalized spacial score (nSPS) is 12.7. The lowest BCUT2D eigenvalue weighted by Crippen LogP contribution is -2.14. The van der Waals surface area contributed by atoms with Crippen molar-refractivity contribution >= 4 is 28.1 Å². The van der Waals surface area contributed by atoms with Crippen LogP contribution in [0.1, 0.15) is 47.7 Å². The van der Waals surface area contributed by atoms with Gasteiger partial charge in [0, 0.05) is 24.7 Å². The van der Waals surface area contributed by atoms with Gasteiger partial charge in [0.05, 0.1) is 5.01 Å². The van der Waals surface area contributed by atoms with E-state index in [4.69, 9.17) is 5.73 Å². The van der Waals surface area contributed by atoms with E-state index >= 15 is 0 Å². The van der Waals surface area contributed by atoms with Gasteiger partial charge < -0.3 is 11.1 Å². The minimum Gasteiger partial charge on any atom is -0.364 e. The third-order valence-corrected chi connectivity index (χ3v) is 4.68. The summed E-state index contributed by atoms with van der Waals surface area (Å²) in [5, 5.41) is 9.08. The van der Waals surface area contributed by atoms with Gasteiger partial charge in [-0.1, -0.05) is 20.8 Å². The summed E-state index contributed by atoms with van der Waals surface area (Å²) in [6, 6.07) is 0. The van der Waals surface area contributed by atoms with Gasteiger partial charge in [0.2, 0.25) is 0 Å².